The van der Waals surface area contributed by atoms with Gasteiger partial charge < -0.3 is 5.32 Å². The molecular weight excluding hydrogens is 337 g/mol. The first-order valence-electron chi connectivity index (χ1n) is 7.20. The molecule has 6 heteroatoms. The van der Waals surface area contributed by atoms with Gasteiger partial charge in [-0.2, -0.15) is 0 Å². The van der Waals surface area contributed by atoms with Gasteiger partial charge in [-0.1, -0.05) is 29.3 Å². The summed E-state index contributed by atoms with van der Waals surface area (Å²) in [6.07, 6.45) is 6.31. The van der Waals surface area contributed by atoms with E-state index in [4.69, 9.17) is 23.2 Å². The Bertz CT molecular complexity index is 840. The Morgan fingerprint density at radius 2 is 1.82 bits per heavy atom. The van der Waals surface area contributed by atoms with Crippen LogP contribution in [0.5, 0.6) is 0 Å². The number of benzene rings is 1. The maximum atomic E-state index is 6.26. The number of aromatic nitrogens is 2. The minimum Gasteiger partial charge on any atom is -0.337 e. The zero-order chi connectivity index (χ0) is 15.1. The molecule has 0 bridgehead atoms. The molecule has 3 aromatic rings. The minimum absolute atomic E-state index is 0.586. The first kappa shape index (κ1) is 14.2. The fourth-order valence-corrected chi connectivity index (χ4v) is 4.64. The number of para-hydroxylation sites is 1. The molecule has 0 amide bonds. The van der Waals surface area contributed by atoms with Crippen molar-refractivity contribution >= 4 is 56.3 Å². The van der Waals surface area contributed by atoms with Gasteiger partial charge in [0.1, 0.15) is 17.0 Å². The predicted octanol–water partition coefficient (Wildman–Crippen LogP) is 5.62. The quantitative estimate of drug-likeness (QED) is 0.652. The van der Waals surface area contributed by atoms with Gasteiger partial charge >= 0.3 is 0 Å². The Morgan fingerprint density at radius 1 is 1.05 bits per heavy atom. The average Bonchev–Trinajstić information content (AvgIpc) is 2.90. The van der Waals surface area contributed by atoms with Crippen molar-refractivity contribution in [2.75, 3.05) is 5.32 Å². The molecule has 0 saturated heterocycles. The van der Waals surface area contributed by atoms with Crippen molar-refractivity contribution in [3.8, 4) is 0 Å². The zero-order valence-corrected chi connectivity index (χ0v) is 14.0. The van der Waals surface area contributed by atoms with Crippen LogP contribution in [0.3, 0.4) is 0 Å². The first-order chi connectivity index (χ1) is 10.7. The Morgan fingerprint density at radius 3 is 2.64 bits per heavy atom. The van der Waals surface area contributed by atoms with Crippen LogP contribution in [0, 0.1) is 0 Å². The lowest BCUT2D eigenvalue weighted by molar-refractivity contribution is 0.700. The number of halogens is 2. The summed E-state index contributed by atoms with van der Waals surface area (Å²) in [5.41, 5.74) is 2.08. The maximum Gasteiger partial charge on any atom is 0.142 e. The van der Waals surface area contributed by atoms with Crippen molar-refractivity contribution in [3.63, 3.8) is 0 Å². The predicted molar refractivity (Wildman–Crippen MR) is 93.8 cm³/mol. The van der Waals surface area contributed by atoms with Crippen LogP contribution in [0.4, 0.5) is 11.5 Å². The van der Waals surface area contributed by atoms with E-state index in [9.17, 15) is 0 Å². The van der Waals surface area contributed by atoms with E-state index in [1.54, 1.807) is 17.7 Å². The van der Waals surface area contributed by atoms with Crippen LogP contribution in [0.1, 0.15) is 23.3 Å². The summed E-state index contributed by atoms with van der Waals surface area (Å²) in [5, 5.41) is 5.61. The van der Waals surface area contributed by atoms with Crippen molar-refractivity contribution in [2.24, 2.45) is 0 Å². The van der Waals surface area contributed by atoms with Crippen molar-refractivity contribution in [2.45, 2.75) is 25.7 Å². The fraction of sp³-hybridized carbons (Fsp3) is 0.250. The second kappa shape index (κ2) is 5.69. The Balaban J connectivity index is 1.87. The second-order valence-corrected chi connectivity index (χ2v) is 7.23. The lowest BCUT2D eigenvalue weighted by atomic mass is 9.97. The largest absolute Gasteiger partial charge is 0.337 e. The van der Waals surface area contributed by atoms with Gasteiger partial charge in [0, 0.05) is 4.88 Å². The summed E-state index contributed by atoms with van der Waals surface area (Å²) in [5.74, 6) is 0.791. The Labute approximate surface area is 142 Å². The number of anilines is 2. The molecule has 2 heterocycles. The van der Waals surface area contributed by atoms with Gasteiger partial charge in [-0.3, -0.25) is 0 Å². The number of nitrogens with one attached hydrogen (secondary N) is 1. The van der Waals surface area contributed by atoms with Crippen molar-refractivity contribution in [1.82, 2.24) is 9.97 Å². The molecule has 1 aliphatic rings. The fourth-order valence-electron chi connectivity index (χ4n) is 2.92. The van der Waals surface area contributed by atoms with Gasteiger partial charge in [0.25, 0.3) is 0 Å². The molecule has 4 rings (SSSR count). The molecule has 1 N–H and O–H groups in total. The summed E-state index contributed by atoms with van der Waals surface area (Å²) in [6, 6.07) is 5.46. The Kier molecular flexibility index (Phi) is 3.68. The molecule has 0 saturated carbocycles. The summed E-state index contributed by atoms with van der Waals surface area (Å²) in [6.45, 7) is 0. The highest BCUT2D eigenvalue weighted by Crippen LogP contribution is 2.40. The molecule has 1 aromatic carbocycles. The van der Waals surface area contributed by atoms with Crippen LogP contribution in [0.2, 0.25) is 10.0 Å². The monoisotopic (exact) mass is 349 g/mol. The van der Waals surface area contributed by atoms with Crippen LogP contribution in [0.25, 0.3) is 10.2 Å². The van der Waals surface area contributed by atoms with E-state index in [0.29, 0.717) is 15.7 Å². The van der Waals surface area contributed by atoms with Gasteiger partial charge in [0.2, 0.25) is 0 Å². The number of fused-ring (bicyclic) bond motifs is 3. The number of hydrogen-bond donors (Lipinski definition) is 1. The molecule has 112 valence electrons. The number of aryl methyl sites for hydroxylation is 2. The summed E-state index contributed by atoms with van der Waals surface area (Å²) < 4.78 is 0. The van der Waals surface area contributed by atoms with E-state index in [0.717, 1.165) is 28.9 Å². The minimum atomic E-state index is 0.586. The Hall–Kier alpha value is -1.36. The first-order valence-corrected chi connectivity index (χ1v) is 8.77. The van der Waals surface area contributed by atoms with E-state index < -0.39 is 0 Å². The zero-order valence-electron chi connectivity index (χ0n) is 11.7. The topological polar surface area (TPSA) is 37.8 Å². The summed E-state index contributed by atoms with van der Waals surface area (Å²) in [4.78, 5) is 11.3. The highest BCUT2D eigenvalue weighted by atomic mass is 35.5. The van der Waals surface area contributed by atoms with Crippen LogP contribution in [-0.4, -0.2) is 9.97 Å². The molecular formula is C16H13Cl2N3S. The summed E-state index contributed by atoms with van der Waals surface area (Å²) in [7, 11) is 0. The van der Waals surface area contributed by atoms with Crippen molar-refractivity contribution < 1.29 is 0 Å². The SMILES string of the molecule is Clc1cccc(Cl)c1Nc1ncnc2sc3c(c12)CCCC3. The molecule has 0 unspecified atom stereocenters. The van der Waals surface area contributed by atoms with Gasteiger partial charge in [0.15, 0.2) is 0 Å². The van der Waals surface area contributed by atoms with Crippen LogP contribution in [0.15, 0.2) is 24.5 Å². The van der Waals surface area contributed by atoms with E-state index in [-0.39, 0.29) is 0 Å². The second-order valence-electron chi connectivity index (χ2n) is 5.33. The van der Waals surface area contributed by atoms with Crippen LogP contribution in [-0.2, 0) is 12.8 Å². The van der Waals surface area contributed by atoms with Crippen molar-refractivity contribution in [3.05, 3.63) is 45.0 Å². The van der Waals surface area contributed by atoms with Crippen LogP contribution >= 0.6 is 34.5 Å². The van der Waals surface area contributed by atoms with E-state index >= 15 is 0 Å². The lowest BCUT2D eigenvalue weighted by Crippen LogP contribution is -2.01. The molecule has 0 atom stereocenters. The number of rotatable bonds is 2. The van der Waals surface area contributed by atoms with Crippen LogP contribution < -0.4 is 5.32 Å². The number of nitrogens with zero attached hydrogens (tertiary/aromatic N) is 2. The van der Waals surface area contributed by atoms with Crippen molar-refractivity contribution in [1.29, 1.82) is 0 Å². The third-order valence-electron chi connectivity index (χ3n) is 3.96. The van der Waals surface area contributed by atoms with Gasteiger partial charge in [-0.05, 0) is 43.4 Å². The highest BCUT2D eigenvalue weighted by molar-refractivity contribution is 7.19. The number of hydrogen-bond acceptors (Lipinski definition) is 4. The van der Waals surface area contributed by atoms with Gasteiger partial charge in [-0.15, -0.1) is 11.3 Å². The third-order valence-corrected chi connectivity index (χ3v) is 5.79. The summed E-state index contributed by atoms with van der Waals surface area (Å²) >= 11 is 14.3. The molecule has 0 radical (unpaired) electrons. The van der Waals surface area contributed by atoms with E-state index in [1.165, 1.54) is 23.3 Å². The standard InChI is InChI=1S/C16H13Cl2N3S/c17-10-5-3-6-11(18)14(10)21-15-13-9-4-1-2-7-12(9)22-16(13)20-8-19-15/h3,5-6,8H,1-2,4,7H2,(H,19,20,21). The molecule has 0 aliphatic heterocycles. The molecule has 0 spiro atoms. The van der Waals surface area contributed by atoms with E-state index in [2.05, 4.69) is 15.3 Å². The normalized spacial score (nSPS) is 14.1. The van der Waals surface area contributed by atoms with Gasteiger partial charge in [0.05, 0.1) is 21.1 Å². The van der Waals surface area contributed by atoms with E-state index in [1.807, 2.05) is 18.2 Å². The molecule has 2 aromatic heterocycles. The number of thiophene rings is 1. The molecule has 22 heavy (non-hydrogen) atoms. The lowest BCUT2D eigenvalue weighted by Gasteiger charge is -2.13. The smallest absolute Gasteiger partial charge is 0.142 e. The molecule has 1 aliphatic carbocycles. The maximum absolute atomic E-state index is 6.26. The highest BCUT2D eigenvalue weighted by Gasteiger charge is 2.20. The molecule has 0 fully saturated rings. The average molecular weight is 350 g/mol. The van der Waals surface area contributed by atoms with Gasteiger partial charge in [-0.25, -0.2) is 9.97 Å². The molecule has 3 nitrogen and oxygen atoms in total. The third kappa shape index (κ3) is 2.35.